The molecule has 26 heavy (non-hydrogen) atoms. The monoisotopic (exact) mass is 351 g/mol. The predicted octanol–water partition coefficient (Wildman–Crippen LogP) is 3.13. The Kier molecular flexibility index (Phi) is 5.22. The number of aromatic nitrogens is 2. The van der Waals surface area contributed by atoms with E-state index in [1.165, 1.54) is 0 Å². The lowest BCUT2D eigenvalue weighted by Crippen LogP contribution is -2.22. The van der Waals surface area contributed by atoms with Crippen molar-refractivity contribution >= 4 is 5.91 Å². The third kappa shape index (κ3) is 3.85. The molecule has 1 aromatic heterocycles. The van der Waals surface area contributed by atoms with Gasteiger partial charge in [0.05, 0.1) is 31.9 Å². The van der Waals surface area contributed by atoms with Gasteiger partial charge < -0.3 is 19.4 Å². The van der Waals surface area contributed by atoms with E-state index < -0.39 is 0 Å². The summed E-state index contributed by atoms with van der Waals surface area (Å²) >= 11 is 0. The fraction of sp³-hybridized carbons (Fsp3) is 0.200. The Labute approximate surface area is 152 Å². The minimum Gasteiger partial charge on any atom is -0.497 e. The van der Waals surface area contributed by atoms with Gasteiger partial charge in [0.25, 0.3) is 5.91 Å². The van der Waals surface area contributed by atoms with Gasteiger partial charge in [0.2, 0.25) is 0 Å². The molecule has 0 saturated heterocycles. The first-order chi connectivity index (χ1) is 12.6. The number of rotatable bonds is 6. The first kappa shape index (κ1) is 17.5. The van der Waals surface area contributed by atoms with Crippen molar-refractivity contribution in [2.45, 2.75) is 13.5 Å². The van der Waals surface area contributed by atoms with E-state index in [9.17, 15) is 4.79 Å². The fourth-order valence-electron chi connectivity index (χ4n) is 2.65. The highest BCUT2D eigenvalue weighted by Gasteiger charge is 2.12. The molecule has 6 nitrogen and oxygen atoms in total. The van der Waals surface area contributed by atoms with Gasteiger partial charge in [0.1, 0.15) is 11.5 Å². The highest BCUT2D eigenvalue weighted by atomic mass is 16.5. The smallest absolute Gasteiger partial charge is 0.251 e. The number of hydrogen-bond donors (Lipinski definition) is 1. The zero-order chi connectivity index (χ0) is 18.5. The molecule has 0 spiro atoms. The number of carbonyl (C=O) groups excluding carboxylic acids is 1. The van der Waals surface area contributed by atoms with Crippen LogP contribution in [0.5, 0.6) is 11.5 Å². The highest BCUT2D eigenvalue weighted by molar-refractivity contribution is 5.95. The third-order valence-electron chi connectivity index (χ3n) is 4.02. The van der Waals surface area contributed by atoms with Gasteiger partial charge in [-0.2, -0.15) is 0 Å². The largest absolute Gasteiger partial charge is 0.497 e. The minimum atomic E-state index is -0.167. The molecule has 0 atom stereocenters. The van der Waals surface area contributed by atoms with Gasteiger partial charge in [-0.15, -0.1) is 0 Å². The van der Waals surface area contributed by atoms with Crippen molar-refractivity contribution in [3.05, 3.63) is 71.8 Å². The lowest BCUT2D eigenvalue weighted by Gasteiger charge is -2.12. The SMILES string of the molecule is COc1cccc(CNC(=O)c2ccc(-n3cnc(C)c3)c(OC)c2)c1. The second-order valence-corrected chi connectivity index (χ2v) is 5.84. The van der Waals surface area contributed by atoms with Crippen LogP contribution < -0.4 is 14.8 Å². The summed E-state index contributed by atoms with van der Waals surface area (Å²) in [7, 11) is 3.20. The van der Waals surface area contributed by atoms with E-state index in [0.717, 1.165) is 22.7 Å². The van der Waals surface area contributed by atoms with Gasteiger partial charge in [-0.1, -0.05) is 12.1 Å². The molecule has 0 aliphatic heterocycles. The molecule has 1 heterocycles. The maximum absolute atomic E-state index is 12.5. The van der Waals surface area contributed by atoms with Crippen molar-refractivity contribution in [2.75, 3.05) is 14.2 Å². The van der Waals surface area contributed by atoms with E-state index >= 15 is 0 Å². The summed E-state index contributed by atoms with van der Waals surface area (Å²) in [4.78, 5) is 16.7. The van der Waals surface area contributed by atoms with Crippen LogP contribution in [0.15, 0.2) is 55.0 Å². The summed E-state index contributed by atoms with van der Waals surface area (Å²) in [6.45, 7) is 2.34. The number of methoxy groups -OCH3 is 2. The molecule has 0 saturated carbocycles. The zero-order valence-electron chi connectivity index (χ0n) is 15.0. The minimum absolute atomic E-state index is 0.167. The van der Waals surface area contributed by atoms with Crippen LogP contribution in [-0.4, -0.2) is 29.7 Å². The number of nitrogens with zero attached hydrogens (tertiary/aromatic N) is 2. The lowest BCUT2D eigenvalue weighted by molar-refractivity contribution is 0.0950. The maximum atomic E-state index is 12.5. The molecule has 3 aromatic rings. The Hall–Kier alpha value is -3.28. The van der Waals surface area contributed by atoms with Crippen LogP contribution in [0.2, 0.25) is 0 Å². The molecular weight excluding hydrogens is 330 g/mol. The van der Waals surface area contributed by atoms with Crippen LogP contribution in [0, 0.1) is 6.92 Å². The Morgan fingerprint density at radius 3 is 2.69 bits per heavy atom. The summed E-state index contributed by atoms with van der Waals surface area (Å²) < 4.78 is 12.5. The van der Waals surface area contributed by atoms with E-state index in [4.69, 9.17) is 9.47 Å². The first-order valence-electron chi connectivity index (χ1n) is 8.21. The van der Waals surface area contributed by atoms with E-state index in [0.29, 0.717) is 17.9 Å². The van der Waals surface area contributed by atoms with E-state index in [-0.39, 0.29) is 5.91 Å². The van der Waals surface area contributed by atoms with Crippen molar-refractivity contribution in [3.8, 4) is 17.2 Å². The van der Waals surface area contributed by atoms with Crippen molar-refractivity contribution in [2.24, 2.45) is 0 Å². The zero-order valence-corrected chi connectivity index (χ0v) is 15.0. The van der Waals surface area contributed by atoms with Crippen molar-refractivity contribution in [1.82, 2.24) is 14.9 Å². The van der Waals surface area contributed by atoms with E-state index in [1.807, 2.05) is 48.0 Å². The Morgan fingerprint density at radius 2 is 2.00 bits per heavy atom. The van der Waals surface area contributed by atoms with E-state index in [1.54, 1.807) is 32.7 Å². The topological polar surface area (TPSA) is 65.4 Å². The number of nitrogens with one attached hydrogen (secondary N) is 1. The molecule has 0 bridgehead atoms. The fourth-order valence-corrected chi connectivity index (χ4v) is 2.65. The molecule has 0 unspecified atom stereocenters. The Balaban J connectivity index is 1.75. The molecule has 134 valence electrons. The van der Waals surface area contributed by atoms with Gasteiger partial charge in [-0.3, -0.25) is 4.79 Å². The van der Waals surface area contributed by atoms with Crippen LogP contribution in [0.4, 0.5) is 0 Å². The van der Waals surface area contributed by atoms with Crippen LogP contribution in [0.1, 0.15) is 21.6 Å². The summed E-state index contributed by atoms with van der Waals surface area (Å²) in [5.41, 5.74) is 3.24. The standard InChI is InChI=1S/C20H21N3O3/c1-14-12-23(13-22-14)18-8-7-16(10-19(18)26-3)20(24)21-11-15-5-4-6-17(9-15)25-2/h4-10,12-13H,11H2,1-3H3,(H,21,24). The number of amides is 1. The molecule has 0 aliphatic carbocycles. The molecule has 2 aromatic carbocycles. The van der Waals surface area contributed by atoms with Gasteiger partial charge >= 0.3 is 0 Å². The van der Waals surface area contributed by atoms with Gasteiger partial charge in [-0.25, -0.2) is 4.98 Å². The number of hydrogen-bond acceptors (Lipinski definition) is 4. The number of benzene rings is 2. The first-order valence-corrected chi connectivity index (χ1v) is 8.21. The number of carbonyl (C=O) groups is 1. The quantitative estimate of drug-likeness (QED) is 0.741. The van der Waals surface area contributed by atoms with Crippen LogP contribution in [-0.2, 0) is 6.54 Å². The predicted molar refractivity (Wildman–Crippen MR) is 99.0 cm³/mol. The van der Waals surface area contributed by atoms with Crippen molar-refractivity contribution in [3.63, 3.8) is 0 Å². The molecule has 1 N–H and O–H groups in total. The maximum Gasteiger partial charge on any atom is 0.251 e. The molecule has 0 radical (unpaired) electrons. The van der Waals surface area contributed by atoms with Crippen LogP contribution in [0.3, 0.4) is 0 Å². The van der Waals surface area contributed by atoms with Gasteiger partial charge in [-0.05, 0) is 42.8 Å². The summed E-state index contributed by atoms with van der Waals surface area (Å²) in [5, 5.41) is 2.91. The molecule has 6 heteroatoms. The van der Waals surface area contributed by atoms with Crippen molar-refractivity contribution < 1.29 is 14.3 Å². The second kappa shape index (κ2) is 7.74. The molecular formula is C20H21N3O3. The van der Waals surface area contributed by atoms with Crippen LogP contribution >= 0.6 is 0 Å². The average Bonchev–Trinajstić information content (AvgIpc) is 3.11. The summed E-state index contributed by atoms with van der Waals surface area (Å²) in [6.07, 6.45) is 3.62. The van der Waals surface area contributed by atoms with Crippen molar-refractivity contribution in [1.29, 1.82) is 0 Å². The van der Waals surface area contributed by atoms with Gasteiger partial charge in [0.15, 0.2) is 0 Å². The summed E-state index contributed by atoms with van der Waals surface area (Å²) in [6, 6.07) is 12.9. The third-order valence-corrected chi connectivity index (χ3v) is 4.02. The summed E-state index contributed by atoms with van der Waals surface area (Å²) in [5.74, 6) is 1.20. The van der Waals surface area contributed by atoms with Crippen LogP contribution in [0.25, 0.3) is 5.69 Å². The second-order valence-electron chi connectivity index (χ2n) is 5.84. The lowest BCUT2D eigenvalue weighted by atomic mass is 10.1. The number of imidazole rings is 1. The highest BCUT2D eigenvalue weighted by Crippen LogP contribution is 2.24. The Morgan fingerprint density at radius 1 is 1.15 bits per heavy atom. The Bertz CT molecular complexity index is 918. The molecule has 0 aliphatic rings. The average molecular weight is 351 g/mol. The normalized spacial score (nSPS) is 10.4. The molecule has 3 rings (SSSR count). The number of aryl methyl sites for hydroxylation is 1. The molecule has 0 fully saturated rings. The number of ether oxygens (including phenoxy) is 2. The molecule has 1 amide bonds. The van der Waals surface area contributed by atoms with Gasteiger partial charge in [0, 0.05) is 18.3 Å². The van der Waals surface area contributed by atoms with E-state index in [2.05, 4.69) is 10.3 Å².